The standard InChI is InChI=1S/C13H13N/c1-11(12-7-4-3-5-8-12)13-9-6-10-14(13)2/h3-10H,1H2,2H3. The summed E-state index contributed by atoms with van der Waals surface area (Å²) >= 11 is 0. The van der Waals surface area contributed by atoms with Gasteiger partial charge in [0, 0.05) is 18.9 Å². The molecule has 0 fully saturated rings. The average Bonchev–Trinajstić information content (AvgIpc) is 2.65. The fraction of sp³-hybridized carbons (Fsp3) is 0.0769. The first kappa shape index (κ1) is 8.82. The first-order chi connectivity index (χ1) is 6.79. The lowest BCUT2D eigenvalue weighted by atomic mass is 10.1. The summed E-state index contributed by atoms with van der Waals surface area (Å²) in [5.41, 5.74) is 3.41. The van der Waals surface area contributed by atoms with E-state index in [9.17, 15) is 0 Å². The first-order valence-electron chi connectivity index (χ1n) is 4.65. The van der Waals surface area contributed by atoms with Gasteiger partial charge in [0.25, 0.3) is 0 Å². The molecule has 0 aliphatic rings. The summed E-state index contributed by atoms with van der Waals surface area (Å²) in [7, 11) is 2.03. The van der Waals surface area contributed by atoms with Crippen molar-refractivity contribution in [1.29, 1.82) is 0 Å². The Balaban J connectivity index is 2.39. The van der Waals surface area contributed by atoms with Crippen molar-refractivity contribution >= 4 is 5.57 Å². The highest BCUT2D eigenvalue weighted by molar-refractivity contribution is 5.76. The summed E-state index contributed by atoms with van der Waals surface area (Å²) in [5.74, 6) is 0. The minimum absolute atomic E-state index is 1.07. The Kier molecular flexibility index (Phi) is 2.23. The van der Waals surface area contributed by atoms with E-state index in [0.29, 0.717) is 0 Å². The van der Waals surface area contributed by atoms with Crippen LogP contribution in [-0.2, 0) is 7.05 Å². The van der Waals surface area contributed by atoms with Crippen LogP contribution in [0.4, 0.5) is 0 Å². The van der Waals surface area contributed by atoms with Gasteiger partial charge in [-0.2, -0.15) is 0 Å². The molecule has 2 aromatic rings. The third-order valence-electron chi connectivity index (χ3n) is 2.38. The molecule has 0 aliphatic carbocycles. The van der Waals surface area contributed by atoms with Crippen LogP contribution in [0, 0.1) is 0 Å². The number of aryl methyl sites for hydroxylation is 1. The van der Waals surface area contributed by atoms with Crippen molar-refractivity contribution in [1.82, 2.24) is 4.57 Å². The Morgan fingerprint density at radius 2 is 1.79 bits per heavy atom. The molecule has 0 spiro atoms. The highest BCUT2D eigenvalue weighted by Crippen LogP contribution is 2.20. The van der Waals surface area contributed by atoms with Gasteiger partial charge in [-0.15, -0.1) is 0 Å². The molecule has 0 aliphatic heterocycles. The average molecular weight is 183 g/mol. The molecule has 0 saturated carbocycles. The molecule has 70 valence electrons. The van der Waals surface area contributed by atoms with Gasteiger partial charge < -0.3 is 4.57 Å². The molecule has 0 saturated heterocycles. The van der Waals surface area contributed by atoms with Gasteiger partial charge in [-0.05, 0) is 23.3 Å². The fourth-order valence-electron chi connectivity index (χ4n) is 1.56. The lowest BCUT2D eigenvalue weighted by Gasteiger charge is -2.06. The molecule has 1 nitrogen and oxygen atoms in total. The van der Waals surface area contributed by atoms with Crippen LogP contribution in [-0.4, -0.2) is 4.57 Å². The highest BCUT2D eigenvalue weighted by atomic mass is 14.9. The zero-order valence-electron chi connectivity index (χ0n) is 8.27. The van der Waals surface area contributed by atoms with Crippen LogP contribution in [0.3, 0.4) is 0 Å². The minimum Gasteiger partial charge on any atom is -0.351 e. The molecule has 0 unspecified atom stereocenters. The van der Waals surface area contributed by atoms with Crippen molar-refractivity contribution in [2.24, 2.45) is 7.05 Å². The van der Waals surface area contributed by atoms with Gasteiger partial charge in [-0.1, -0.05) is 36.9 Å². The number of hydrogen-bond acceptors (Lipinski definition) is 0. The Morgan fingerprint density at radius 3 is 2.36 bits per heavy atom. The second-order valence-corrected chi connectivity index (χ2v) is 3.35. The summed E-state index contributed by atoms with van der Waals surface area (Å²) in [6, 6.07) is 14.3. The smallest absolute Gasteiger partial charge is 0.0477 e. The van der Waals surface area contributed by atoms with Gasteiger partial charge in [0.1, 0.15) is 0 Å². The highest BCUT2D eigenvalue weighted by Gasteiger charge is 2.03. The summed E-state index contributed by atoms with van der Waals surface area (Å²) < 4.78 is 2.08. The minimum atomic E-state index is 1.07. The van der Waals surface area contributed by atoms with E-state index >= 15 is 0 Å². The number of rotatable bonds is 2. The normalized spacial score (nSPS) is 10.1. The fourth-order valence-corrected chi connectivity index (χ4v) is 1.56. The number of nitrogens with zero attached hydrogens (tertiary/aromatic N) is 1. The van der Waals surface area contributed by atoms with Gasteiger partial charge in [0.05, 0.1) is 0 Å². The van der Waals surface area contributed by atoms with Gasteiger partial charge in [-0.3, -0.25) is 0 Å². The maximum Gasteiger partial charge on any atom is 0.0477 e. The van der Waals surface area contributed by atoms with Crippen LogP contribution in [0.15, 0.2) is 55.2 Å². The third-order valence-corrected chi connectivity index (χ3v) is 2.38. The molecular formula is C13H13N. The van der Waals surface area contributed by atoms with Gasteiger partial charge in [0.15, 0.2) is 0 Å². The SMILES string of the molecule is C=C(c1ccccc1)c1cccn1C. The lowest BCUT2D eigenvalue weighted by molar-refractivity contribution is 0.910. The topological polar surface area (TPSA) is 4.93 Å². The van der Waals surface area contributed by atoms with Crippen LogP contribution in [0.2, 0.25) is 0 Å². The molecule has 1 aromatic carbocycles. The molecule has 0 N–H and O–H groups in total. The predicted molar refractivity (Wildman–Crippen MR) is 60.0 cm³/mol. The summed E-state index contributed by atoms with van der Waals surface area (Å²) in [6.45, 7) is 4.11. The van der Waals surface area contributed by atoms with E-state index in [-0.39, 0.29) is 0 Å². The predicted octanol–water partition coefficient (Wildman–Crippen LogP) is 3.09. The number of benzene rings is 1. The van der Waals surface area contributed by atoms with Gasteiger partial charge in [0.2, 0.25) is 0 Å². The van der Waals surface area contributed by atoms with Crippen LogP contribution >= 0.6 is 0 Å². The molecular weight excluding hydrogens is 170 g/mol. The van der Waals surface area contributed by atoms with Crippen LogP contribution in [0.1, 0.15) is 11.3 Å². The zero-order valence-corrected chi connectivity index (χ0v) is 8.27. The largest absolute Gasteiger partial charge is 0.351 e. The van der Waals surface area contributed by atoms with E-state index in [0.717, 1.165) is 11.3 Å². The molecule has 1 heteroatoms. The van der Waals surface area contributed by atoms with E-state index in [1.165, 1.54) is 5.56 Å². The first-order valence-corrected chi connectivity index (χ1v) is 4.65. The molecule has 0 amide bonds. The monoisotopic (exact) mass is 183 g/mol. The second kappa shape index (κ2) is 3.54. The Morgan fingerprint density at radius 1 is 1.07 bits per heavy atom. The van der Waals surface area contributed by atoms with Gasteiger partial charge >= 0.3 is 0 Å². The van der Waals surface area contributed by atoms with Gasteiger partial charge in [-0.25, -0.2) is 0 Å². The third kappa shape index (κ3) is 1.49. The van der Waals surface area contributed by atoms with Crippen LogP contribution in [0.5, 0.6) is 0 Å². The molecule has 0 atom stereocenters. The molecule has 1 aromatic heterocycles. The molecule has 2 rings (SSSR count). The molecule has 14 heavy (non-hydrogen) atoms. The van der Waals surface area contributed by atoms with E-state index < -0.39 is 0 Å². The van der Waals surface area contributed by atoms with Crippen molar-refractivity contribution in [3.05, 3.63) is 66.5 Å². The van der Waals surface area contributed by atoms with Crippen LogP contribution in [0.25, 0.3) is 5.57 Å². The lowest BCUT2D eigenvalue weighted by Crippen LogP contribution is -1.94. The van der Waals surface area contributed by atoms with Crippen molar-refractivity contribution < 1.29 is 0 Å². The number of hydrogen-bond donors (Lipinski definition) is 0. The maximum atomic E-state index is 4.11. The second-order valence-electron chi connectivity index (χ2n) is 3.35. The van der Waals surface area contributed by atoms with Crippen molar-refractivity contribution in [2.45, 2.75) is 0 Å². The molecule has 0 bridgehead atoms. The van der Waals surface area contributed by atoms with E-state index in [1.54, 1.807) is 0 Å². The van der Waals surface area contributed by atoms with E-state index in [4.69, 9.17) is 0 Å². The zero-order chi connectivity index (χ0) is 9.97. The molecule has 0 radical (unpaired) electrons. The van der Waals surface area contributed by atoms with Crippen LogP contribution < -0.4 is 0 Å². The van der Waals surface area contributed by atoms with E-state index in [2.05, 4.69) is 29.3 Å². The Hall–Kier alpha value is -1.76. The molecule has 1 heterocycles. The summed E-state index contributed by atoms with van der Waals surface area (Å²) in [6.07, 6.45) is 2.03. The Bertz CT molecular complexity index is 437. The summed E-state index contributed by atoms with van der Waals surface area (Å²) in [5, 5.41) is 0. The van der Waals surface area contributed by atoms with E-state index in [1.807, 2.05) is 37.5 Å². The van der Waals surface area contributed by atoms with Crippen molar-refractivity contribution in [2.75, 3.05) is 0 Å². The maximum absolute atomic E-state index is 4.11. The quantitative estimate of drug-likeness (QED) is 0.674. The number of aromatic nitrogens is 1. The van der Waals surface area contributed by atoms with Crippen molar-refractivity contribution in [3.63, 3.8) is 0 Å². The Labute approximate surface area is 84.3 Å². The summed E-state index contributed by atoms with van der Waals surface area (Å²) in [4.78, 5) is 0. The van der Waals surface area contributed by atoms with Crippen molar-refractivity contribution in [3.8, 4) is 0 Å².